The molecule has 0 spiro atoms. The molecule has 3 aromatic heterocycles. The van der Waals surface area contributed by atoms with Gasteiger partial charge in [-0.1, -0.05) is 12.1 Å². The number of carbonyl (C=O) groups excluding carboxylic acids is 1. The summed E-state index contributed by atoms with van der Waals surface area (Å²) >= 11 is 0. The van der Waals surface area contributed by atoms with E-state index in [1.165, 1.54) is 0 Å². The number of aromatic amines is 1. The second-order valence-electron chi connectivity index (χ2n) is 9.11. The number of anilines is 1. The maximum absolute atomic E-state index is 13.4. The molecule has 1 atom stereocenters. The Hall–Kier alpha value is -4.99. The zero-order valence-corrected chi connectivity index (χ0v) is 22.1. The lowest BCUT2D eigenvalue weighted by molar-refractivity contribution is 0.252. The maximum atomic E-state index is 13.4. The van der Waals surface area contributed by atoms with Gasteiger partial charge < -0.3 is 19.6 Å². The molecule has 2 amide bonds. The minimum atomic E-state index is -0.362. The van der Waals surface area contributed by atoms with Crippen LogP contribution in [0.5, 0.6) is 5.75 Å². The van der Waals surface area contributed by atoms with Crippen LogP contribution in [0.4, 0.5) is 10.7 Å². The Kier molecular flexibility index (Phi) is 7.09. The van der Waals surface area contributed by atoms with Crippen LogP contribution in [0, 0.1) is 6.92 Å². The Balaban J connectivity index is 1.60. The number of carbonyl (C=O) groups is 1. The Bertz CT molecular complexity index is 1710. The Morgan fingerprint density at radius 3 is 2.56 bits per heavy atom. The van der Waals surface area contributed by atoms with Crippen molar-refractivity contribution in [3.05, 3.63) is 88.6 Å². The van der Waals surface area contributed by atoms with Crippen LogP contribution in [-0.4, -0.2) is 44.2 Å². The third kappa shape index (κ3) is 5.22. The number of nitrogens with one attached hydrogen (secondary N) is 3. The van der Waals surface area contributed by atoms with E-state index in [0.717, 1.165) is 28.1 Å². The van der Waals surface area contributed by atoms with Crippen molar-refractivity contribution in [3.8, 4) is 28.3 Å². The number of ether oxygens (including phenoxy) is 1. The van der Waals surface area contributed by atoms with Crippen molar-refractivity contribution in [2.24, 2.45) is 0 Å². The lowest BCUT2D eigenvalue weighted by atomic mass is 10.0. The van der Waals surface area contributed by atoms with E-state index in [1.807, 2.05) is 63.2 Å². The molecule has 0 saturated carbocycles. The summed E-state index contributed by atoms with van der Waals surface area (Å²) in [4.78, 5) is 42.1. The summed E-state index contributed by atoms with van der Waals surface area (Å²) in [6, 6.07) is 16.3. The lowest BCUT2D eigenvalue weighted by Crippen LogP contribution is -2.28. The number of imidazole rings is 1. The molecule has 10 nitrogen and oxygen atoms in total. The molecular weight excluding hydrogens is 494 g/mol. The second-order valence-corrected chi connectivity index (χ2v) is 9.11. The fourth-order valence-electron chi connectivity index (χ4n) is 4.69. The van der Waals surface area contributed by atoms with Crippen LogP contribution in [0.2, 0.25) is 0 Å². The monoisotopic (exact) mass is 523 g/mol. The molecule has 1 unspecified atom stereocenters. The van der Waals surface area contributed by atoms with Crippen molar-refractivity contribution in [1.82, 2.24) is 29.8 Å². The molecule has 0 bridgehead atoms. The second kappa shape index (κ2) is 10.8. The molecule has 0 radical (unpaired) electrons. The number of benzene rings is 2. The summed E-state index contributed by atoms with van der Waals surface area (Å²) in [7, 11) is 1.63. The van der Waals surface area contributed by atoms with Crippen molar-refractivity contribution in [2.75, 3.05) is 19.0 Å². The highest BCUT2D eigenvalue weighted by Crippen LogP contribution is 2.33. The number of pyridine rings is 1. The summed E-state index contributed by atoms with van der Waals surface area (Å²) in [6.45, 7) is 6.24. The number of amides is 2. The average Bonchev–Trinajstić information content (AvgIpc) is 3.34. The number of nitrogens with zero attached hydrogens (tertiary/aromatic N) is 4. The van der Waals surface area contributed by atoms with Crippen LogP contribution in [0.1, 0.15) is 31.1 Å². The number of hydrogen-bond acceptors (Lipinski definition) is 6. The Labute approximate surface area is 225 Å². The molecule has 0 aliphatic heterocycles. The molecule has 0 fully saturated rings. The first-order valence-corrected chi connectivity index (χ1v) is 12.6. The molecule has 0 aliphatic carbocycles. The highest BCUT2D eigenvalue weighted by molar-refractivity contribution is 5.97. The molecule has 0 aliphatic rings. The van der Waals surface area contributed by atoms with Gasteiger partial charge in [-0.25, -0.2) is 19.7 Å². The van der Waals surface area contributed by atoms with Crippen molar-refractivity contribution in [2.45, 2.75) is 26.8 Å². The van der Waals surface area contributed by atoms with Crippen LogP contribution in [0.15, 0.2) is 71.8 Å². The van der Waals surface area contributed by atoms with Gasteiger partial charge in [0.25, 0.3) is 5.56 Å². The zero-order valence-electron chi connectivity index (χ0n) is 22.1. The van der Waals surface area contributed by atoms with Gasteiger partial charge in [0.05, 0.1) is 18.7 Å². The number of methoxy groups -OCH3 is 1. The number of hydrogen-bond donors (Lipinski definition) is 3. The normalized spacial score (nSPS) is 11.8. The van der Waals surface area contributed by atoms with E-state index in [9.17, 15) is 9.59 Å². The van der Waals surface area contributed by atoms with Gasteiger partial charge >= 0.3 is 6.03 Å². The molecular formula is C29H29N7O3. The number of rotatable bonds is 7. The summed E-state index contributed by atoms with van der Waals surface area (Å²) in [5.74, 6) is 1.52. The molecule has 10 heteroatoms. The average molecular weight is 524 g/mol. The fraction of sp³-hybridized carbons (Fsp3) is 0.207. The van der Waals surface area contributed by atoms with Gasteiger partial charge in [-0.15, -0.1) is 0 Å². The summed E-state index contributed by atoms with van der Waals surface area (Å²) in [6.07, 6.45) is 3.32. The van der Waals surface area contributed by atoms with E-state index in [0.29, 0.717) is 34.9 Å². The highest BCUT2D eigenvalue weighted by Gasteiger charge is 2.18. The van der Waals surface area contributed by atoms with Crippen LogP contribution in [0.3, 0.4) is 0 Å². The predicted octanol–water partition coefficient (Wildman–Crippen LogP) is 4.92. The van der Waals surface area contributed by atoms with Gasteiger partial charge in [-0.2, -0.15) is 0 Å². The number of aromatic nitrogens is 5. The van der Waals surface area contributed by atoms with Gasteiger partial charge in [0.2, 0.25) is 5.95 Å². The summed E-state index contributed by atoms with van der Waals surface area (Å²) in [5.41, 5.74) is 5.16. The SMILES string of the molecule is CCNC(=O)Nc1nc2c(-c3ncccn3)cc(-c3cc(C)n(C(C)c4cccc(OC)c4)c(=O)c3)cc2[nH]1. The van der Waals surface area contributed by atoms with Crippen molar-refractivity contribution in [1.29, 1.82) is 0 Å². The molecule has 5 rings (SSSR count). The first-order chi connectivity index (χ1) is 18.9. The predicted molar refractivity (Wildman–Crippen MR) is 151 cm³/mol. The van der Waals surface area contributed by atoms with E-state index < -0.39 is 0 Å². The van der Waals surface area contributed by atoms with Gasteiger partial charge in [-0.05, 0) is 73.9 Å². The topological polar surface area (TPSA) is 127 Å². The van der Waals surface area contributed by atoms with E-state index in [1.54, 1.807) is 36.2 Å². The molecule has 5 aromatic rings. The summed E-state index contributed by atoms with van der Waals surface area (Å²) < 4.78 is 7.13. The Morgan fingerprint density at radius 2 is 1.85 bits per heavy atom. The highest BCUT2D eigenvalue weighted by atomic mass is 16.5. The molecule has 2 aromatic carbocycles. The molecule has 39 heavy (non-hydrogen) atoms. The number of H-pyrrole nitrogens is 1. The lowest BCUT2D eigenvalue weighted by Gasteiger charge is -2.20. The van der Waals surface area contributed by atoms with E-state index >= 15 is 0 Å². The van der Waals surface area contributed by atoms with Gasteiger partial charge in [-0.3, -0.25) is 10.1 Å². The molecule has 0 saturated heterocycles. The fourth-order valence-corrected chi connectivity index (χ4v) is 4.69. The van der Waals surface area contributed by atoms with E-state index in [4.69, 9.17) is 4.74 Å². The van der Waals surface area contributed by atoms with Crippen LogP contribution in [-0.2, 0) is 0 Å². The molecule has 3 N–H and O–H groups in total. The number of urea groups is 1. The number of aryl methyl sites for hydroxylation is 1. The van der Waals surface area contributed by atoms with Crippen molar-refractivity contribution in [3.63, 3.8) is 0 Å². The van der Waals surface area contributed by atoms with Crippen LogP contribution >= 0.6 is 0 Å². The zero-order chi connectivity index (χ0) is 27.5. The quantitative estimate of drug-likeness (QED) is 0.278. The summed E-state index contributed by atoms with van der Waals surface area (Å²) in [5, 5.41) is 5.40. The smallest absolute Gasteiger partial charge is 0.321 e. The van der Waals surface area contributed by atoms with Crippen LogP contribution < -0.4 is 20.9 Å². The maximum Gasteiger partial charge on any atom is 0.321 e. The van der Waals surface area contributed by atoms with E-state index in [-0.39, 0.29) is 17.6 Å². The largest absolute Gasteiger partial charge is 0.497 e. The third-order valence-electron chi connectivity index (χ3n) is 6.52. The van der Waals surface area contributed by atoms with Gasteiger partial charge in [0.15, 0.2) is 5.82 Å². The Morgan fingerprint density at radius 1 is 1.08 bits per heavy atom. The molecule has 198 valence electrons. The molecule has 3 heterocycles. The standard InChI is InChI=1S/C29H29N7O3/c1-5-30-29(38)35-28-33-24-15-21(14-23(26(24)34-28)27-31-10-7-11-32-27)20-12-17(2)36(25(37)16-20)18(3)19-8-6-9-22(13-19)39-4/h6-16,18H,5H2,1-4H3,(H3,30,33,34,35,38). The van der Waals surface area contributed by atoms with E-state index in [2.05, 4.69) is 30.6 Å². The van der Waals surface area contributed by atoms with Crippen molar-refractivity contribution < 1.29 is 9.53 Å². The van der Waals surface area contributed by atoms with Gasteiger partial charge in [0.1, 0.15) is 11.3 Å². The van der Waals surface area contributed by atoms with Crippen LogP contribution in [0.25, 0.3) is 33.5 Å². The third-order valence-corrected chi connectivity index (χ3v) is 6.52. The number of fused-ring (bicyclic) bond motifs is 1. The first kappa shape index (κ1) is 25.7. The van der Waals surface area contributed by atoms with Gasteiger partial charge in [0, 0.05) is 36.3 Å². The minimum Gasteiger partial charge on any atom is -0.497 e. The minimum absolute atomic E-state index is 0.124. The van der Waals surface area contributed by atoms with Crippen molar-refractivity contribution >= 4 is 23.0 Å². The first-order valence-electron chi connectivity index (χ1n) is 12.6.